The van der Waals surface area contributed by atoms with Crippen molar-refractivity contribution in [3.8, 4) is 5.75 Å². The second-order valence-electron chi connectivity index (χ2n) is 7.61. The number of ether oxygens (including phenoxy) is 2. The zero-order valence-corrected chi connectivity index (χ0v) is 18.7. The minimum atomic E-state index is -0.904. The third-order valence-electron chi connectivity index (χ3n) is 4.85. The van der Waals surface area contributed by atoms with Crippen molar-refractivity contribution >= 4 is 22.8 Å². The second-order valence-corrected chi connectivity index (χ2v) is 7.61. The largest absolute Gasteiger partial charge is 0.497 e. The summed E-state index contributed by atoms with van der Waals surface area (Å²) in [4.78, 5) is 31.2. The van der Waals surface area contributed by atoms with Crippen molar-refractivity contribution in [3.05, 3.63) is 50.7 Å². The van der Waals surface area contributed by atoms with E-state index in [9.17, 15) is 14.7 Å². The molecule has 11 nitrogen and oxygen atoms in total. The van der Waals surface area contributed by atoms with Crippen LogP contribution in [0.1, 0.15) is 26.3 Å². The molecule has 2 aromatic heterocycles. The number of anilines is 1. The van der Waals surface area contributed by atoms with E-state index in [0.717, 1.165) is 11.3 Å². The van der Waals surface area contributed by atoms with Gasteiger partial charge in [-0.05, 0) is 50.6 Å². The van der Waals surface area contributed by atoms with Crippen LogP contribution in [-0.2, 0) is 18.3 Å². The molecule has 1 aromatic carbocycles. The Morgan fingerprint density at radius 2 is 1.97 bits per heavy atom. The molecular formula is C21H28N6O5. The van der Waals surface area contributed by atoms with Gasteiger partial charge in [0.1, 0.15) is 5.75 Å². The Kier molecular flexibility index (Phi) is 7.11. The zero-order chi connectivity index (χ0) is 23.4. The number of imidazole rings is 1. The van der Waals surface area contributed by atoms with Crippen LogP contribution >= 0.6 is 0 Å². The summed E-state index contributed by atoms with van der Waals surface area (Å²) < 4.78 is 13.4. The van der Waals surface area contributed by atoms with Crippen molar-refractivity contribution in [2.45, 2.75) is 39.5 Å². The van der Waals surface area contributed by atoms with Gasteiger partial charge in [-0.15, -0.1) is 0 Å². The maximum atomic E-state index is 12.5. The molecule has 0 aliphatic heterocycles. The van der Waals surface area contributed by atoms with E-state index < -0.39 is 17.4 Å². The second kappa shape index (κ2) is 9.79. The molecular weight excluding hydrogens is 416 g/mol. The molecule has 0 saturated carbocycles. The molecule has 0 bridgehead atoms. The average molecular weight is 444 g/mol. The summed E-state index contributed by atoms with van der Waals surface area (Å²) in [5, 5.41) is 14.8. The third kappa shape index (κ3) is 5.06. The van der Waals surface area contributed by atoms with Crippen LogP contribution in [0.5, 0.6) is 5.75 Å². The molecule has 2 heterocycles. The van der Waals surface area contributed by atoms with E-state index in [0.29, 0.717) is 5.71 Å². The lowest BCUT2D eigenvalue weighted by Crippen LogP contribution is -2.30. The van der Waals surface area contributed by atoms with E-state index >= 15 is 0 Å². The highest BCUT2D eigenvalue weighted by Crippen LogP contribution is 2.17. The van der Waals surface area contributed by atoms with Gasteiger partial charge in [-0.1, -0.05) is 0 Å². The van der Waals surface area contributed by atoms with E-state index in [2.05, 4.69) is 20.5 Å². The molecule has 0 aliphatic rings. The van der Waals surface area contributed by atoms with Crippen molar-refractivity contribution < 1.29 is 14.6 Å². The summed E-state index contributed by atoms with van der Waals surface area (Å²) in [5.74, 6) is 0.942. The first-order valence-corrected chi connectivity index (χ1v) is 10.1. The first-order chi connectivity index (χ1) is 15.2. The van der Waals surface area contributed by atoms with Gasteiger partial charge in [0.05, 0.1) is 38.2 Å². The normalized spacial score (nSPS) is 13.0. The molecule has 0 aliphatic carbocycles. The number of nitrogens with one attached hydrogen (secondary N) is 2. The monoisotopic (exact) mass is 444 g/mol. The van der Waals surface area contributed by atoms with Gasteiger partial charge in [-0.2, -0.15) is 10.1 Å². The van der Waals surface area contributed by atoms with Gasteiger partial charge in [-0.25, -0.2) is 10.2 Å². The van der Waals surface area contributed by atoms with E-state index in [1.54, 1.807) is 7.11 Å². The molecule has 0 saturated heterocycles. The molecule has 1 atom stereocenters. The van der Waals surface area contributed by atoms with E-state index in [4.69, 9.17) is 9.47 Å². The fourth-order valence-electron chi connectivity index (χ4n) is 3.10. The maximum absolute atomic E-state index is 12.5. The molecule has 32 heavy (non-hydrogen) atoms. The predicted octanol–water partition coefficient (Wildman–Crippen LogP) is 1.05. The van der Waals surface area contributed by atoms with Gasteiger partial charge in [0.2, 0.25) is 5.95 Å². The number of nitrogens with zero attached hydrogens (tertiary/aromatic N) is 4. The van der Waals surface area contributed by atoms with E-state index in [-0.39, 0.29) is 36.4 Å². The highest BCUT2D eigenvalue weighted by atomic mass is 16.5. The van der Waals surface area contributed by atoms with Crippen molar-refractivity contribution in [3.63, 3.8) is 0 Å². The van der Waals surface area contributed by atoms with Gasteiger partial charge in [0.25, 0.3) is 5.56 Å². The van der Waals surface area contributed by atoms with Gasteiger partial charge < -0.3 is 19.1 Å². The Labute approximate surface area is 184 Å². The summed E-state index contributed by atoms with van der Waals surface area (Å²) in [7, 11) is 3.10. The number of methoxy groups -OCH3 is 1. The highest BCUT2D eigenvalue weighted by molar-refractivity contribution is 5.99. The molecule has 3 N–H and O–H groups in total. The number of hydrazone groups is 1. The van der Waals surface area contributed by atoms with Gasteiger partial charge >= 0.3 is 5.69 Å². The Morgan fingerprint density at radius 3 is 2.59 bits per heavy atom. The Balaban J connectivity index is 1.98. The number of rotatable bonds is 9. The van der Waals surface area contributed by atoms with Gasteiger partial charge in [-0.3, -0.25) is 14.3 Å². The molecule has 0 spiro atoms. The molecule has 3 rings (SSSR count). The number of aliphatic hydroxyl groups excluding tert-OH is 1. The smallest absolute Gasteiger partial charge is 0.329 e. The average Bonchev–Trinajstić information content (AvgIpc) is 3.13. The number of aromatic amines is 1. The number of H-pyrrole nitrogens is 1. The van der Waals surface area contributed by atoms with Crippen LogP contribution in [0.4, 0.5) is 5.95 Å². The molecule has 172 valence electrons. The lowest BCUT2D eigenvalue weighted by atomic mass is 10.1. The van der Waals surface area contributed by atoms with Crippen LogP contribution in [0, 0.1) is 0 Å². The number of hydrogen-bond acceptors (Lipinski definition) is 8. The molecule has 3 aromatic rings. The van der Waals surface area contributed by atoms with Crippen LogP contribution in [0.2, 0.25) is 0 Å². The number of aromatic nitrogens is 4. The third-order valence-corrected chi connectivity index (χ3v) is 4.85. The first-order valence-electron chi connectivity index (χ1n) is 10.1. The first kappa shape index (κ1) is 23.2. The summed E-state index contributed by atoms with van der Waals surface area (Å²) in [6, 6.07) is 7.38. The number of aryl methyl sites for hydroxylation is 1. The SMILES string of the molecule is COc1ccc(/C(C)=N/Nc2nc3c(c(=O)[nH]c(=O)n3C)n2CC(O)COC(C)C)cc1. The lowest BCUT2D eigenvalue weighted by molar-refractivity contribution is -0.000105. The van der Waals surface area contributed by atoms with Crippen LogP contribution in [0.3, 0.4) is 0 Å². The van der Waals surface area contributed by atoms with Crippen LogP contribution in [-0.4, -0.2) is 55.8 Å². The number of fused-ring (bicyclic) bond motifs is 1. The summed E-state index contributed by atoms with van der Waals surface area (Å²) >= 11 is 0. The van der Waals surface area contributed by atoms with Crippen molar-refractivity contribution in [2.24, 2.45) is 12.1 Å². The predicted molar refractivity (Wildman–Crippen MR) is 122 cm³/mol. The minimum Gasteiger partial charge on any atom is -0.497 e. The van der Waals surface area contributed by atoms with Crippen molar-refractivity contribution in [1.82, 2.24) is 19.1 Å². The highest BCUT2D eigenvalue weighted by Gasteiger charge is 2.20. The maximum Gasteiger partial charge on any atom is 0.329 e. The quantitative estimate of drug-likeness (QED) is 0.332. The molecule has 0 radical (unpaired) electrons. The fraction of sp³-hybridized carbons (Fsp3) is 0.429. The van der Waals surface area contributed by atoms with Crippen molar-refractivity contribution in [2.75, 3.05) is 19.1 Å². The number of benzene rings is 1. The number of hydrogen-bond donors (Lipinski definition) is 3. The summed E-state index contributed by atoms with van der Waals surface area (Å²) in [5.41, 5.74) is 3.53. The van der Waals surface area contributed by atoms with E-state index in [1.165, 1.54) is 16.2 Å². The van der Waals surface area contributed by atoms with Crippen LogP contribution in [0.25, 0.3) is 11.2 Å². The Bertz CT molecular complexity index is 1220. The van der Waals surface area contributed by atoms with Crippen LogP contribution < -0.4 is 21.4 Å². The lowest BCUT2D eigenvalue weighted by Gasteiger charge is -2.16. The van der Waals surface area contributed by atoms with Gasteiger partial charge in [0.15, 0.2) is 11.2 Å². The summed E-state index contributed by atoms with van der Waals surface area (Å²) in [6.07, 6.45) is -0.957. The summed E-state index contributed by atoms with van der Waals surface area (Å²) in [6.45, 7) is 5.64. The zero-order valence-electron chi connectivity index (χ0n) is 18.7. The number of aliphatic hydroxyl groups is 1. The topological polar surface area (TPSA) is 136 Å². The molecule has 1 unspecified atom stereocenters. The van der Waals surface area contributed by atoms with Crippen LogP contribution in [0.15, 0.2) is 39.0 Å². The standard InChI is InChI=1S/C21H28N6O5/c1-12(2)32-11-15(28)10-27-17-18(26(4)21(30)23-19(17)29)22-20(27)25-24-13(3)14-6-8-16(31-5)9-7-14/h6-9,12,15,28H,10-11H2,1-5H3,(H,22,25)(H,23,29,30)/b24-13+. The fourth-order valence-corrected chi connectivity index (χ4v) is 3.10. The minimum absolute atomic E-state index is 0.0178. The Hall–Kier alpha value is -3.44. The van der Waals surface area contributed by atoms with Crippen molar-refractivity contribution in [1.29, 1.82) is 0 Å². The Morgan fingerprint density at radius 1 is 1.28 bits per heavy atom. The van der Waals surface area contributed by atoms with Gasteiger partial charge in [0, 0.05) is 7.05 Å². The molecule has 11 heteroatoms. The molecule has 0 fully saturated rings. The molecule has 0 amide bonds. The van der Waals surface area contributed by atoms with E-state index in [1.807, 2.05) is 45.0 Å².